The average molecular weight is 842 g/mol. The van der Waals surface area contributed by atoms with Gasteiger partial charge < -0.3 is 18.8 Å². The third kappa shape index (κ3) is 7.45. The van der Waals surface area contributed by atoms with E-state index in [0.717, 1.165) is 44.0 Å². The number of fused-ring (bicyclic) bond motifs is 7. The summed E-state index contributed by atoms with van der Waals surface area (Å²) in [4.78, 5) is 8.82. The fourth-order valence-electron chi connectivity index (χ4n) is 5.95. The molecule has 0 bridgehead atoms. The zero-order valence-electron chi connectivity index (χ0n) is 35.9. The van der Waals surface area contributed by atoms with Gasteiger partial charge in [0.05, 0.1) is 5.58 Å². The number of hydrogen-bond acceptors (Lipinski definition) is 4. The van der Waals surface area contributed by atoms with Gasteiger partial charge in [-0.3, -0.25) is 0 Å². The second kappa shape index (κ2) is 14.0. The van der Waals surface area contributed by atoms with Gasteiger partial charge in [-0.2, -0.15) is 0 Å². The van der Waals surface area contributed by atoms with Crippen molar-refractivity contribution in [1.82, 2.24) is 9.97 Å². The van der Waals surface area contributed by atoms with E-state index in [1.807, 2.05) is 99.6 Å². The van der Waals surface area contributed by atoms with Crippen LogP contribution in [0, 0.1) is 29.8 Å². The number of aryl methyl sites for hydroxylation is 1. The van der Waals surface area contributed by atoms with Gasteiger partial charge >= 0.3 is 0 Å². The zero-order valence-corrected chi connectivity index (χ0v) is 31.3. The molecule has 0 saturated heterocycles. The van der Waals surface area contributed by atoms with Gasteiger partial charge in [-0.15, -0.1) is 54.1 Å². The molecule has 0 fully saturated rings. The van der Waals surface area contributed by atoms with Gasteiger partial charge in [0.25, 0.3) is 0 Å². The molecule has 0 unspecified atom stereocenters. The van der Waals surface area contributed by atoms with Crippen molar-refractivity contribution < 1.29 is 38.5 Å². The second-order valence-electron chi connectivity index (χ2n) is 14.2. The summed E-state index contributed by atoms with van der Waals surface area (Å²) < 4.78 is 70.5. The number of pyridine rings is 2. The van der Waals surface area contributed by atoms with Crippen molar-refractivity contribution in [2.75, 3.05) is 0 Å². The molecule has 255 valence electrons. The number of nitrogens with zero attached hydrogens (tertiary/aromatic N) is 2. The molecule has 4 aromatic carbocycles. The first-order valence-electron chi connectivity index (χ1n) is 19.8. The molecule has 4 nitrogen and oxygen atoms in total. The van der Waals surface area contributed by atoms with Gasteiger partial charge in [-0.1, -0.05) is 94.5 Å². The van der Waals surface area contributed by atoms with Gasteiger partial charge in [-0.25, -0.2) is 0 Å². The maximum Gasteiger partial charge on any atom is 0.136 e. The van der Waals surface area contributed by atoms with E-state index in [2.05, 4.69) is 22.1 Å². The van der Waals surface area contributed by atoms with Crippen LogP contribution in [-0.2, 0) is 32.9 Å². The maximum atomic E-state index is 8.84. The Hall–Kier alpha value is -4.57. The maximum absolute atomic E-state index is 8.84. The predicted molar refractivity (Wildman–Crippen MR) is 203 cm³/mol. The average Bonchev–Trinajstić information content (AvgIpc) is 3.72. The third-order valence-electron chi connectivity index (χ3n) is 7.87. The molecule has 0 aliphatic carbocycles. The first-order valence-corrected chi connectivity index (χ1v) is 16.3. The van der Waals surface area contributed by atoms with E-state index in [1.165, 1.54) is 12.3 Å². The van der Waals surface area contributed by atoms with Crippen molar-refractivity contribution in [2.45, 2.75) is 61.1 Å². The Morgan fingerprint density at radius 2 is 1.40 bits per heavy atom. The largest absolute Gasteiger partial charge is 0.501 e. The molecule has 0 N–H and O–H groups in total. The third-order valence-corrected chi connectivity index (χ3v) is 7.87. The van der Waals surface area contributed by atoms with Crippen molar-refractivity contribution in [3.8, 4) is 22.5 Å². The van der Waals surface area contributed by atoms with E-state index in [1.54, 1.807) is 33.0 Å². The normalized spacial score (nSPS) is 14.8. The molecule has 0 atom stereocenters. The second-order valence-corrected chi connectivity index (χ2v) is 14.2. The van der Waals surface area contributed by atoms with Crippen LogP contribution in [-0.4, -0.2) is 9.97 Å². The Kier molecular flexibility index (Phi) is 7.60. The van der Waals surface area contributed by atoms with Crippen molar-refractivity contribution in [3.63, 3.8) is 0 Å². The Balaban J connectivity index is 0.000000233. The van der Waals surface area contributed by atoms with Crippen LogP contribution in [0.4, 0.5) is 0 Å². The minimum atomic E-state index is -2.51. The standard InChI is InChI=1S/C29H24NO2.C16H18N.Ir/c1-17-16-30-22(14-18(17)15-29(2,3)4)19-9-7-10-21-27-25(32-28(19)21)13-12-24-26(27)20-8-5-6-11-23(20)31-24;1-16(2,3)11-13-9-10-15(17-12-13)14-7-5-4-6-8-14;/h5-8,10-14,16H,15H2,1-4H3;4-7,9-10,12H,11H2,1-3H3;/q2*-1;/i1D3,15D2;11D2;. The number of aromatic nitrogens is 2. The van der Waals surface area contributed by atoms with Crippen molar-refractivity contribution in [1.29, 1.82) is 0 Å². The zero-order chi connectivity index (χ0) is 40.4. The summed E-state index contributed by atoms with van der Waals surface area (Å²) in [5.41, 5.74) is 4.74. The Labute approximate surface area is 318 Å². The summed E-state index contributed by atoms with van der Waals surface area (Å²) in [6, 6.07) is 34.5. The first-order chi connectivity index (χ1) is 26.2. The number of furan rings is 2. The fraction of sp³-hybridized carbons (Fsp3) is 0.244. The van der Waals surface area contributed by atoms with Gasteiger partial charge in [0.15, 0.2) is 0 Å². The van der Waals surface area contributed by atoms with Crippen LogP contribution in [0.2, 0.25) is 0 Å². The van der Waals surface area contributed by atoms with Crippen LogP contribution in [0.3, 0.4) is 0 Å². The van der Waals surface area contributed by atoms with Gasteiger partial charge in [0.1, 0.15) is 16.7 Å². The van der Waals surface area contributed by atoms with Gasteiger partial charge in [0.2, 0.25) is 0 Å². The monoisotopic (exact) mass is 842 g/mol. The number of para-hydroxylation sites is 1. The van der Waals surface area contributed by atoms with E-state index in [9.17, 15) is 0 Å². The van der Waals surface area contributed by atoms with Crippen LogP contribution in [0.25, 0.3) is 66.4 Å². The first kappa shape index (κ1) is 27.2. The van der Waals surface area contributed by atoms with Crippen molar-refractivity contribution in [3.05, 3.63) is 132 Å². The van der Waals surface area contributed by atoms with Crippen LogP contribution in [0.15, 0.2) is 112 Å². The minimum Gasteiger partial charge on any atom is -0.501 e. The number of rotatable bonds is 4. The molecular weight excluding hydrogens is 793 g/mol. The molecule has 0 saturated carbocycles. The van der Waals surface area contributed by atoms with Crippen LogP contribution >= 0.6 is 0 Å². The molecule has 4 heterocycles. The summed E-state index contributed by atoms with van der Waals surface area (Å²) in [6.45, 7) is 8.43. The molecule has 0 aliphatic rings. The minimum absolute atomic E-state index is 0. The van der Waals surface area contributed by atoms with E-state index in [0.29, 0.717) is 28.0 Å². The summed E-state index contributed by atoms with van der Waals surface area (Å²) in [5, 5.41) is 3.71. The van der Waals surface area contributed by atoms with Crippen LogP contribution in [0.1, 0.15) is 67.8 Å². The molecule has 1 radical (unpaired) electrons. The number of hydrogen-bond donors (Lipinski definition) is 0. The Morgan fingerprint density at radius 1 is 0.680 bits per heavy atom. The van der Waals surface area contributed by atoms with Gasteiger partial charge in [0, 0.05) is 58.3 Å². The molecule has 0 spiro atoms. The molecule has 4 aromatic heterocycles. The van der Waals surface area contributed by atoms with Crippen LogP contribution < -0.4 is 0 Å². The smallest absolute Gasteiger partial charge is 0.136 e. The summed E-state index contributed by atoms with van der Waals surface area (Å²) in [5.74, 6) is 0. The van der Waals surface area contributed by atoms with E-state index in [4.69, 9.17) is 18.4 Å². The summed E-state index contributed by atoms with van der Waals surface area (Å²) >= 11 is 0. The Bertz CT molecular complexity index is 2710. The van der Waals surface area contributed by atoms with Crippen molar-refractivity contribution >= 4 is 43.9 Å². The summed E-state index contributed by atoms with van der Waals surface area (Å²) in [6.07, 6.45) is -0.448. The molecule has 8 aromatic rings. The molecule has 0 aliphatic heterocycles. The van der Waals surface area contributed by atoms with Crippen molar-refractivity contribution in [2.24, 2.45) is 10.8 Å². The molecule has 5 heteroatoms. The predicted octanol–water partition coefficient (Wildman–Crippen LogP) is 12.4. The van der Waals surface area contributed by atoms with Crippen LogP contribution in [0.5, 0.6) is 0 Å². The molecular formula is C45H42IrN2O2-2. The topological polar surface area (TPSA) is 52.1 Å². The Morgan fingerprint density at radius 3 is 2.10 bits per heavy atom. The van der Waals surface area contributed by atoms with E-state index >= 15 is 0 Å². The fourth-order valence-corrected chi connectivity index (χ4v) is 5.95. The molecule has 8 rings (SSSR count). The van der Waals surface area contributed by atoms with Gasteiger partial charge in [-0.05, 0) is 71.1 Å². The van der Waals surface area contributed by atoms with E-state index in [-0.39, 0.29) is 31.2 Å². The molecule has 50 heavy (non-hydrogen) atoms. The quantitative estimate of drug-likeness (QED) is 0.166. The number of benzene rings is 4. The SMILES string of the molecule is [2H]C([2H])([2H])c1cnc(-c2[c-]ccc3c2oc2ccc4oc5ccccc5c4c23)cc1C([2H])([2H])C(C)(C)C.[2H]C([2H])(c1ccc(-c2[c-]cccc2)nc1)C(C)(C)C.[Ir]. The van der Waals surface area contributed by atoms with E-state index < -0.39 is 30.4 Å². The summed E-state index contributed by atoms with van der Waals surface area (Å²) in [7, 11) is 0. The molecule has 0 amide bonds.